The maximum atomic E-state index is 12.1. The third kappa shape index (κ3) is 5.31. The lowest BCUT2D eigenvalue weighted by molar-refractivity contribution is -0.152. The summed E-state index contributed by atoms with van der Waals surface area (Å²) in [5.74, 6) is -1.13. The minimum atomic E-state index is -0.616. The summed E-state index contributed by atoms with van der Waals surface area (Å²) >= 11 is 0. The number of piperidine rings is 1. The summed E-state index contributed by atoms with van der Waals surface area (Å²) < 4.78 is 4.99. The minimum absolute atomic E-state index is 0.180. The Balaban J connectivity index is 1.75. The molecule has 0 bridgehead atoms. The van der Waals surface area contributed by atoms with Crippen molar-refractivity contribution >= 4 is 17.8 Å². The predicted octanol–water partition coefficient (Wildman–Crippen LogP) is 1.98. The van der Waals surface area contributed by atoms with Crippen molar-refractivity contribution in [2.45, 2.75) is 46.1 Å². The summed E-state index contributed by atoms with van der Waals surface area (Å²) in [6, 6.07) is 5.53. The molecule has 1 aromatic carbocycles. The van der Waals surface area contributed by atoms with E-state index in [2.05, 4.69) is 5.32 Å². The number of esters is 1. The molecule has 0 aromatic heterocycles. The lowest BCUT2D eigenvalue weighted by Gasteiger charge is -2.33. The summed E-state index contributed by atoms with van der Waals surface area (Å²) in [6.45, 7) is 6.07. The summed E-state index contributed by atoms with van der Waals surface area (Å²) in [5.41, 5.74) is 2.60. The first kappa shape index (κ1) is 19.0. The SMILES string of the molecule is Cc1ccc(C(=O)NCC(=O)OCC(=O)N2CCCC[C@H]2C)cc1C. The minimum Gasteiger partial charge on any atom is -0.454 e. The Labute approximate surface area is 148 Å². The van der Waals surface area contributed by atoms with Crippen LogP contribution in [0.4, 0.5) is 0 Å². The van der Waals surface area contributed by atoms with Gasteiger partial charge in [0.05, 0.1) is 0 Å². The third-order valence-corrected chi connectivity index (χ3v) is 4.64. The molecular weight excluding hydrogens is 320 g/mol. The van der Waals surface area contributed by atoms with Crippen LogP contribution in [0.3, 0.4) is 0 Å². The third-order valence-electron chi connectivity index (χ3n) is 4.64. The fraction of sp³-hybridized carbons (Fsp3) is 0.526. The van der Waals surface area contributed by atoms with Gasteiger partial charge in [0.15, 0.2) is 6.61 Å². The average Bonchev–Trinajstić information content (AvgIpc) is 2.60. The number of nitrogens with one attached hydrogen (secondary N) is 1. The molecule has 1 heterocycles. The van der Waals surface area contributed by atoms with Crippen molar-refractivity contribution in [2.75, 3.05) is 19.7 Å². The van der Waals surface area contributed by atoms with Crippen LogP contribution in [0.15, 0.2) is 18.2 Å². The van der Waals surface area contributed by atoms with Crippen molar-refractivity contribution < 1.29 is 19.1 Å². The van der Waals surface area contributed by atoms with E-state index in [9.17, 15) is 14.4 Å². The normalized spacial score (nSPS) is 17.1. The Kier molecular flexibility index (Phi) is 6.56. The molecule has 6 heteroatoms. The largest absolute Gasteiger partial charge is 0.454 e. The van der Waals surface area contributed by atoms with Gasteiger partial charge in [-0.2, -0.15) is 0 Å². The molecule has 25 heavy (non-hydrogen) atoms. The quantitative estimate of drug-likeness (QED) is 0.827. The maximum absolute atomic E-state index is 12.1. The zero-order valence-corrected chi connectivity index (χ0v) is 15.1. The molecule has 1 saturated heterocycles. The van der Waals surface area contributed by atoms with E-state index in [-0.39, 0.29) is 31.0 Å². The topological polar surface area (TPSA) is 75.7 Å². The van der Waals surface area contributed by atoms with Crippen LogP contribution in [0, 0.1) is 13.8 Å². The Morgan fingerprint density at radius 1 is 1.20 bits per heavy atom. The molecule has 1 aliphatic rings. The van der Waals surface area contributed by atoms with Gasteiger partial charge in [-0.05, 0) is 63.3 Å². The van der Waals surface area contributed by atoms with E-state index in [1.54, 1.807) is 17.0 Å². The van der Waals surface area contributed by atoms with E-state index >= 15 is 0 Å². The van der Waals surface area contributed by atoms with Crippen molar-refractivity contribution in [1.29, 1.82) is 0 Å². The number of amides is 2. The van der Waals surface area contributed by atoms with Crippen LogP contribution in [0.2, 0.25) is 0 Å². The van der Waals surface area contributed by atoms with Crippen LogP contribution in [0.1, 0.15) is 47.7 Å². The second kappa shape index (κ2) is 8.65. The van der Waals surface area contributed by atoms with Crippen LogP contribution in [0.5, 0.6) is 0 Å². The molecule has 2 amide bonds. The molecule has 0 radical (unpaired) electrons. The lowest BCUT2D eigenvalue weighted by Crippen LogP contribution is -2.44. The molecule has 1 atom stereocenters. The Hall–Kier alpha value is -2.37. The number of ether oxygens (including phenoxy) is 1. The predicted molar refractivity (Wildman–Crippen MR) is 94.2 cm³/mol. The first-order valence-electron chi connectivity index (χ1n) is 8.69. The molecule has 0 unspecified atom stereocenters. The first-order valence-corrected chi connectivity index (χ1v) is 8.69. The molecule has 0 spiro atoms. The van der Waals surface area contributed by atoms with Crippen LogP contribution in [-0.2, 0) is 14.3 Å². The van der Waals surface area contributed by atoms with Crippen LogP contribution >= 0.6 is 0 Å². The van der Waals surface area contributed by atoms with Crippen molar-refractivity contribution in [3.8, 4) is 0 Å². The van der Waals surface area contributed by atoms with Crippen molar-refractivity contribution in [3.63, 3.8) is 0 Å². The highest BCUT2D eigenvalue weighted by molar-refractivity contribution is 5.96. The molecule has 1 fully saturated rings. The van der Waals surface area contributed by atoms with Crippen molar-refractivity contribution in [1.82, 2.24) is 10.2 Å². The molecular formula is C19H26N2O4. The molecule has 1 aromatic rings. The molecule has 6 nitrogen and oxygen atoms in total. The number of benzene rings is 1. The van der Waals surface area contributed by atoms with Gasteiger partial charge in [0.2, 0.25) is 0 Å². The van der Waals surface area contributed by atoms with Gasteiger partial charge in [-0.15, -0.1) is 0 Å². The Bertz CT molecular complexity index is 657. The number of hydrogen-bond donors (Lipinski definition) is 1. The second-order valence-electron chi connectivity index (χ2n) is 6.57. The fourth-order valence-electron chi connectivity index (χ4n) is 2.88. The van der Waals surface area contributed by atoms with E-state index in [1.165, 1.54) is 0 Å². The Morgan fingerprint density at radius 2 is 1.96 bits per heavy atom. The van der Waals surface area contributed by atoms with Gasteiger partial charge in [-0.25, -0.2) is 0 Å². The van der Waals surface area contributed by atoms with Gasteiger partial charge in [-0.1, -0.05) is 6.07 Å². The summed E-state index contributed by atoms with van der Waals surface area (Å²) in [5, 5.41) is 2.52. The van der Waals surface area contributed by atoms with Gasteiger partial charge in [-0.3, -0.25) is 14.4 Å². The molecule has 0 saturated carbocycles. The molecule has 1 N–H and O–H groups in total. The van der Waals surface area contributed by atoms with Gasteiger partial charge < -0.3 is 15.0 Å². The zero-order valence-electron chi connectivity index (χ0n) is 15.1. The highest BCUT2D eigenvalue weighted by Crippen LogP contribution is 2.16. The molecule has 2 rings (SSSR count). The number of carbonyl (C=O) groups excluding carboxylic acids is 3. The molecule has 1 aliphatic heterocycles. The van der Waals surface area contributed by atoms with Gasteiger partial charge in [0.1, 0.15) is 6.54 Å². The number of likely N-dealkylation sites (tertiary alicyclic amines) is 1. The van der Waals surface area contributed by atoms with Crippen molar-refractivity contribution in [3.05, 3.63) is 34.9 Å². The lowest BCUT2D eigenvalue weighted by atomic mass is 10.0. The van der Waals surface area contributed by atoms with Gasteiger partial charge in [0.25, 0.3) is 11.8 Å². The number of rotatable bonds is 5. The number of nitrogens with zero attached hydrogens (tertiary/aromatic N) is 1. The summed E-state index contributed by atoms with van der Waals surface area (Å²) in [6.07, 6.45) is 3.08. The second-order valence-corrected chi connectivity index (χ2v) is 6.57. The monoisotopic (exact) mass is 346 g/mol. The Morgan fingerprint density at radius 3 is 2.64 bits per heavy atom. The summed E-state index contributed by atoms with van der Waals surface area (Å²) in [7, 11) is 0. The fourth-order valence-corrected chi connectivity index (χ4v) is 2.88. The highest BCUT2D eigenvalue weighted by atomic mass is 16.5. The van der Waals surface area contributed by atoms with Crippen LogP contribution < -0.4 is 5.32 Å². The smallest absolute Gasteiger partial charge is 0.325 e. The van der Waals surface area contributed by atoms with Gasteiger partial charge >= 0.3 is 5.97 Å². The molecule has 136 valence electrons. The van der Waals surface area contributed by atoms with E-state index in [1.807, 2.05) is 26.8 Å². The van der Waals surface area contributed by atoms with Crippen molar-refractivity contribution in [2.24, 2.45) is 0 Å². The van der Waals surface area contributed by atoms with E-state index < -0.39 is 5.97 Å². The number of hydrogen-bond acceptors (Lipinski definition) is 4. The highest BCUT2D eigenvalue weighted by Gasteiger charge is 2.23. The van der Waals surface area contributed by atoms with Crippen LogP contribution in [-0.4, -0.2) is 48.4 Å². The zero-order chi connectivity index (χ0) is 18.4. The molecule has 0 aliphatic carbocycles. The summed E-state index contributed by atoms with van der Waals surface area (Å²) in [4.78, 5) is 37.7. The van der Waals surface area contributed by atoms with E-state index in [0.717, 1.165) is 30.4 Å². The van der Waals surface area contributed by atoms with Gasteiger partial charge in [0, 0.05) is 18.2 Å². The van der Waals surface area contributed by atoms with E-state index in [0.29, 0.717) is 12.1 Å². The standard InChI is InChI=1S/C19H26N2O4/c1-13-7-8-16(10-14(13)2)19(24)20-11-18(23)25-12-17(22)21-9-5-4-6-15(21)3/h7-8,10,15H,4-6,9,11-12H2,1-3H3,(H,20,24)/t15-/m1/s1. The number of carbonyl (C=O) groups is 3. The average molecular weight is 346 g/mol. The maximum Gasteiger partial charge on any atom is 0.325 e. The first-order chi connectivity index (χ1) is 11.9. The number of aryl methyl sites for hydroxylation is 2. The van der Waals surface area contributed by atoms with Crippen LogP contribution in [0.25, 0.3) is 0 Å². The van der Waals surface area contributed by atoms with E-state index in [4.69, 9.17) is 4.74 Å².